The van der Waals surface area contributed by atoms with E-state index >= 15 is 0 Å². The molecule has 0 bridgehead atoms. The van der Waals surface area contributed by atoms with Gasteiger partial charge in [-0.05, 0) is 101 Å². The molecule has 4 atom stereocenters. The fourth-order valence-corrected chi connectivity index (χ4v) is 9.07. The molecule has 0 aliphatic heterocycles. The lowest BCUT2D eigenvalue weighted by atomic mass is 9.95. The largest absolute Gasteiger partial charge is 0.435 e. The van der Waals surface area contributed by atoms with Crippen LogP contribution in [-0.2, 0) is 11.2 Å². The number of halogens is 6. The summed E-state index contributed by atoms with van der Waals surface area (Å²) >= 11 is 12.3. The minimum Gasteiger partial charge on any atom is -0.435 e. The van der Waals surface area contributed by atoms with Crippen LogP contribution in [0.25, 0.3) is 33.8 Å². The maximum absolute atomic E-state index is 13.0. The lowest BCUT2D eigenvalue weighted by Crippen LogP contribution is -2.17. The number of alkyl halides is 4. The standard InChI is InChI=1S/2C24H21ClF2N4O3/c2*1-24(2,33)19-6-3-12(9-29-19)16-11-31-20(10-28-16)30-21-17(32)8-15(22(21)31)14-7-13(25)4-5-18(14)34-23(26)27/h2*3-7,9-11,15,17,23,32-33H,8H2,1-2H3/t2*15-,17-/m10/s1. The summed E-state index contributed by atoms with van der Waals surface area (Å²) < 4.78 is 65.3. The molecule has 6 aromatic heterocycles. The van der Waals surface area contributed by atoms with Gasteiger partial charge >= 0.3 is 13.2 Å². The molecule has 10 rings (SSSR count). The van der Waals surface area contributed by atoms with Crippen LogP contribution in [-0.4, -0.2) is 72.4 Å². The van der Waals surface area contributed by atoms with Gasteiger partial charge in [-0.25, -0.2) is 9.97 Å². The van der Waals surface area contributed by atoms with Crippen LogP contribution in [0.3, 0.4) is 0 Å². The highest BCUT2D eigenvalue weighted by Crippen LogP contribution is 2.49. The molecule has 6 heterocycles. The Balaban J connectivity index is 0.000000170. The molecule has 0 spiro atoms. The minimum absolute atomic E-state index is 0.0000801. The van der Waals surface area contributed by atoms with Crippen molar-refractivity contribution in [1.29, 1.82) is 0 Å². The van der Waals surface area contributed by atoms with Crippen LogP contribution in [0.4, 0.5) is 17.6 Å². The van der Waals surface area contributed by atoms with Crippen molar-refractivity contribution in [3.05, 3.63) is 153 Å². The number of nitrogens with zero attached hydrogens (tertiary/aromatic N) is 8. The zero-order chi connectivity index (χ0) is 48.4. The average molecular weight is 974 g/mol. The highest BCUT2D eigenvalue weighted by molar-refractivity contribution is 6.31. The topological polar surface area (TPSA) is 186 Å². The van der Waals surface area contributed by atoms with Gasteiger partial charge in [0.05, 0.1) is 70.2 Å². The second-order valence-corrected chi connectivity index (χ2v) is 18.4. The number of rotatable bonds is 10. The predicted octanol–water partition coefficient (Wildman–Crippen LogP) is 9.68. The van der Waals surface area contributed by atoms with Gasteiger partial charge in [0.15, 0.2) is 11.3 Å². The van der Waals surface area contributed by atoms with E-state index in [-0.39, 0.29) is 24.3 Å². The molecular weight excluding hydrogens is 931 g/mol. The summed E-state index contributed by atoms with van der Waals surface area (Å²) in [6, 6.07) is 16.0. The van der Waals surface area contributed by atoms with Crippen molar-refractivity contribution in [2.24, 2.45) is 0 Å². The Labute approximate surface area is 395 Å². The van der Waals surface area contributed by atoms with Crippen LogP contribution >= 0.6 is 23.2 Å². The van der Waals surface area contributed by atoms with Crippen molar-refractivity contribution in [2.75, 3.05) is 0 Å². The van der Waals surface area contributed by atoms with Crippen LogP contribution in [0, 0.1) is 0 Å². The number of aliphatic hydroxyl groups is 4. The average Bonchev–Trinajstić information content (AvgIpc) is 4.04. The lowest BCUT2D eigenvalue weighted by molar-refractivity contribution is -0.0512. The fraction of sp³-hybridized carbons (Fsp3) is 0.292. The first-order valence-corrected chi connectivity index (χ1v) is 22.0. The van der Waals surface area contributed by atoms with Gasteiger partial charge < -0.3 is 29.9 Å². The minimum atomic E-state index is -3.00. The van der Waals surface area contributed by atoms with E-state index in [0.29, 0.717) is 78.0 Å². The van der Waals surface area contributed by atoms with Crippen molar-refractivity contribution >= 4 is 34.5 Å². The van der Waals surface area contributed by atoms with Crippen LogP contribution in [0.2, 0.25) is 10.0 Å². The molecule has 14 nitrogen and oxygen atoms in total. The number of hydrogen-bond acceptors (Lipinski definition) is 12. The molecule has 8 aromatic rings. The van der Waals surface area contributed by atoms with Crippen molar-refractivity contribution in [1.82, 2.24) is 38.7 Å². The molecule has 0 amide bonds. The van der Waals surface area contributed by atoms with Crippen molar-refractivity contribution < 1.29 is 47.5 Å². The molecule has 68 heavy (non-hydrogen) atoms. The number of aliphatic hydroxyl groups excluding tert-OH is 2. The molecule has 0 radical (unpaired) electrons. The Morgan fingerprint density at radius 3 is 1.32 bits per heavy atom. The van der Waals surface area contributed by atoms with Gasteiger partial charge in [0.25, 0.3) is 0 Å². The van der Waals surface area contributed by atoms with E-state index in [4.69, 9.17) is 32.7 Å². The Hall–Kier alpha value is -6.28. The summed E-state index contributed by atoms with van der Waals surface area (Å²) in [5, 5.41) is 42.4. The van der Waals surface area contributed by atoms with Crippen LogP contribution < -0.4 is 9.47 Å². The van der Waals surface area contributed by atoms with Gasteiger partial charge in [0, 0.05) is 68.9 Å². The van der Waals surface area contributed by atoms with Gasteiger partial charge in [0.2, 0.25) is 0 Å². The molecule has 352 valence electrons. The smallest absolute Gasteiger partial charge is 0.387 e. The molecule has 2 aliphatic rings. The van der Waals surface area contributed by atoms with Crippen molar-refractivity contribution in [2.45, 2.75) is 89.0 Å². The van der Waals surface area contributed by atoms with E-state index in [1.807, 2.05) is 12.1 Å². The zero-order valence-electron chi connectivity index (χ0n) is 36.6. The van der Waals surface area contributed by atoms with E-state index in [0.717, 1.165) is 11.1 Å². The Bertz CT molecular complexity index is 2950. The van der Waals surface area contributed by atoms with E-state index in [2.05, 4.69) is 29.9 Å². The highest BCUT2D eigenvalue weighted by Gasteiger charge is 2.39. The summed E-state index contributed by atoms with van der Waals surface area (Å²) in [5.74, 6) is -0.947. The molecule has 0 unspecified atom stereocenters. The predicted molar refractivity (Wildman–Crippen MR) is 242 cm³/mol. The molecular formula is C48H42Cl2F4N8O6. The van der Waals surface area contributed by atoms with Gasteiger partial charge in [-0.1, -0.05) is 23.2 Å². The second-order valence-electron chi connectivity index (χ2n) is 17.5. The molecule has 20 heteroatoms. The van der Waals surface area contributed by atoms with Gasteiger partial charge in [-0.3, -0.25) is 28.7 Å². The molecule has 0 fully saturated rings. The van der Waals surface area contributed by atoms with E-state index in [1.54, 1.807) is 97.9 Å². The SMILES string of the molecule is CC(C)(O)c1ccc(-c2cn3c4c(nc3cn2)[C@@H](O)C[C@H]4c2cc(Cl)ccc2OC(F)F)cn1.CC(C)(O)c1ccc(-c2cn3c4c(nc3cn2)[C@H](O)C[C@@H]4c2cc(Cl)ccc2OC(F)F)cn1. The summed E-state index contributed by atoms with van der Waals surface area (Å²) in [5.41, 5.74) is 5.70. The van der Waals surface area contributed by atoms with Gasteiger partial charge in [0.1, 0.15) is 22.7 Å². The lowest BCUT2D eigenvalue weighted by Gasteiger charge is -2.18. The number of hydrogen-bond donors (Lipinski definition) is 4. The summed E-state index contributed by atoms with van der Waals surface area (Å²) in [6.07, 6.45) is 8.68. The van der Waals surface area contributed by atoms with Gasteiger partial charge in [-0.15, -0.1) is 0 Å². The number of imidazole rings is 2. The van der Waals surface area contributed by atoms with E-state index in [1.165, 1.54) is 24.3 Å². The first-order chi connectivity index (χ1) is 32.2. The van der Waals surface area contributed by atoms with E-state index in [9.17, 15) is 38.0 Å². The monoisotopic (exact) mass is 972 g/mol. The second kappa shape index (κ2) is 18.0. The third kappa shape index (κ3) is 9.19. The first-order valence-electron chi connectivity index (χ1n) is 21.2. The third-order valence-electron chi connectivity index (χ3n) is 11.9. The Morgan fingerprint density at radius 2 is 0.985 bits per heavy atom. The van der Waals surface area contributed by atoms with Crippen molar-refractivity contribution in [3.8, 4) is 34.0 Å². The Morgan fingerprint density at radius 1 is 0.588 bits per heavy atom. The molecule has 4 N–H and O–H groups in total. The maximum atomic E-state index is 13.0. The van der Waals surface area contributed by atoms with Gasteiger partial charge in [-0.2, -0.15) is 17.6 Å². The Kier molecular flexibility index (Phi) is 12.4. The molecule has 2 aromatic carbocycles. The summed E-state index contributed by atoms with van der Waals surface area (Å²) in [6.45, 7) is 0.622. The fourth-order valence-electron chi connectivity index (χ4n) is 8.71. The quantitative estimate of drug-likeness (QED) is 0.0953. The number of benzene rings is 2. The van der Waals surface area contributed by atoms with E-state index < -0.39 is 48.5 Å². The van der Waals surface area contributed by atoms with Crippen LogP contribution in [0.15, 0.2) is 97.8 Å². The molecule has 2 aliphatic carbocycles. The van der Waals surface area contributed by atoms with Crippen molar-refractivity contribution in [3.63, 3.8) is 0 Å². The normalized spacial score (nSPS) is 18.0. The zero-order valence-corrected chi connectivity index (χ0v) is 38.1. The van der Waals surface area contributed by atoms with Crippen LogP contribution in [0.5, 0.6) is 11.5 Å². The first kappa shape index (κ1) is 46.8. The molecule has 0 saturated heterocycles. The number of fused-ring (bicyclic) bond motifs is 6. The number of aromatic nitrogens is 8. The highest BCUT2D eigenvalue weighted by atomic mass is 35.5. The third-order valence-corrected chi connectivity index (χ3v) is 12.3. The maximum Gasteiger partial charge on any atom is 0.387 e. The summed E-state index contributed by atoms with van der Waals surface area (Å²) in [4.78, 5) is 26.6. The summed E-state index contributed by atoms with van der Waals surface area (Å²) in [7, 11) is 0. The molecule has 0 saturated carbocycles. The number of pyridine rings is 2. The van der Waals surface area contributed by atoms with Crippen LogP contribution in [0.1, 0.15) is 110 Å². The number of ether oxygens (including phenoxy) is 2.